The molecule has 3 aromatic rings. The van der Waals surface area contributed by atoms with E-state index in [1.807, 2.05) is 0 Å². The van der Waals surface area contributed by atoms with Gasteiger partial charge in [-0.1, -0.05) is 12.1 Å². The van der Waals surface area contributed by atoms with Gasteiger partial charge in [-0.05, 0) is 42.5 Å². The van der Waals surface area contributed by atoms with Gasteiger partial charge in [0.2, 0.25) is 0 Å². The standard InChI is InChI=1S/C24H21FN4O5/c25-18-5-2-6-19(13-18)29-15-24(34-23(29)31)14-28(10-11-32-16-24)21(30)17-4-1-7-20(12-17)33-22-26-8-3-9-27-22/h1-9,12-13H,10-11,14-16H2. The maximum atomic E-state index is 13.7. The van der Waals surface area contributed by atoms with Gasteiger partial charge in [-0.3, -0.25) is 9.69 Å². The third-order valence-corrected chi connectivity index (χ3v) is 5.56. The van der Waals surface area contributed by atoms with Crippen LogP contribution < -0.4 is 9.64 Å². The van der Waals surface area contributed by atoms with Crippen LogP contribution in [0.15, 0.2) is 67.0 Å². The molecular formula is C24H21FN4O5. The van der Waals surface area contributed by atoms with Gasteiger partial charge >= 0.3 is 12.1 Å². The molecule has 2 saturated heterocycles. The van der Waals surface area contributed by atoms with E-state index in [4.69, 9.17) is 14.2 Å². The highest BCUT2D eigenvalue weighted by Gasteiger charge is 2.49. The van der Waals surface area contributed by atoms with Crippen molar-refractivity contribution in [3.8, 4) is 11.8 Å². The Labute approximate surface area is 194 Å². The number of halogens is 1. The molecule has 0 N–H and O–H groups in total. The Morgan fingerprint density at radius 2 is 1.88 bits per heavy atom. The summed E-state index contributed by atoms with van der Waals surface area (Å²) in [7, 11) is 0. The van der Waals surface area contributed by atoms with Gasteiger partial charge in [0.15, 0.2) is 5.60 Å². The Hall–Kier alpha value is -4.05. The lowest BCUT2D eigenvalue weighted by molar-refractivity contribution is -0.0140. The van der Waals surface area contributed by atoms with E-state index in [9.17, 15) is 14.0 Å². The summed E-state index contributed by atoms with van der Waals surface area (Å²) < 4.78 is 30.7. The number of rotatable bonds is 4. The van der Waals surface area contributed by atoms with Crippen molar-refractivity contribution in [3.63, 3.8) is 0 Å². The van der Waals surface area contributed by atoms with Crippen molar-refractivity contribution in [1.29, 1.82) is 0 Å². The van der Waals surface area contributed by atoms with E-state index >= 15 is 0 Å². The highest BCUT2D eigenvalue weighted by molar-refractivity contribution is 5.95. The van der Waals surface area contributed by atoms with E-state index in [-0.39, 0.29) is 31.6 Å². The summed E-state index contributed by atoms with van der Waals surface area (Å²) >= 11 is 0. The average molecular weight is 464 g/mol. The molecule has 5 rings (SSSR count). The molecule has 34 heavy (non-hydrogen) atoms. The molecular weight excluding hydrogens is 443 g/mol. The van der Waals surface area contributed by atoms with Gasteiger partial charge in [-0.15, -0.1) is 0 Å². The number of hydrogen-bond acceptors (Lipinski definition) is 7. The van der Waals surface area contributed by atoms with Gasteiger partial charge in [0.25, 0.3) is 5.91 Å². The molecule has 2 amide bonds. The van der Waals surface area contributed by atoms with E-state index in [1.165, 1.54) is 23.1 Å². The van der Waals surface area contributed by atoms with Crippen molar-refractivity contribution >= 4 is 17.7 Å². The minimum Gasteiger partial charge on any atom is -0.436 e. The zero-order valence-corrected chi connectivity index (χ0v) is 18.1. The monoisotopic (exact) mass is 464 g/mol. The van der Waals surface area contributed by atoms with E-state index < -0.39 is 17.5 Å². The number of carbonyl (C=O) groups is 2. The molecule has 2 aliphatic heterocycles. The van der Waals surface area contributed by atoms with E-state index in [1.54, 1.807) is 53.7 Å². The van der Waals surface area contributed by atoms with Crippen molar-refractivity contribution < 1.29 is 28.2 Å². The fourth-order valence-electron chi connectivity index (χ4n) is 4.02. The number of anilines is 1. The first kappa shape index (κ1) is 21.8. The topological polar surface area (TPSA) is 94.1 Å². The number of amides is 2. The van der Waals surface area contributed by atoms with Crippen LogP contribution in [0.2, 0.25) is 0 Å². The van der Waals surface area contributed by atoms with Crippen LogP contribution in [0.5, 0.6) is 11.8 Å². The molecule has 2 fully saturated rings. The van der Waals surface area contributed by atoms with E-state index in [0.29, 0.717) is 30.2 Å². The van der Waals surface area contributed by atoms with E-state index in [0.717, 1.165) is 0 Å². The minimum absolute atomic E-state index is 0.128. The first-order chi connectivity index (χ1) is 16.5. The van der Waals surface area contributed by atoms with Crippen molar-refractivity contribution in [2.75, 3.05) is 37.7 Å². The number of ether oxygens (including phenoxy) is 3. The van der Waals surface area contributed by atoms with Crippen LogP contribution in [0.25, 0.3) is 0 Å². The lowest BCUT2D eigenvalue weighted by Gasteiger charge is -2.29. The Bertz CT molecular complexity index is 1210. The van der Waals surface area contributed by atoms with Crippen LogP contribution in [0.1, 0.15) is 10.4 Å². The van der Waals surface area contributed by atoms with Gasteiger partial charge in [-0.2, -0.15) is 0 Å². The fraction of sp³-hybridized carbons (Fsp3) is 0.250. The van der Waals surface area contributed by atoms with Gasteiger partial charge in [-0.25, -0.2) is 19.2 Å². The normalized spacial score (nSPS) is 20.2. The zero-order valence-electron chi connectivity index (χ0n) is 18.1. The summed E-state index contributed by atoms with van der Waals surface area (Å²) in [5.74, 6) is -0.296. The quantitative estimate of drug-likeness (QED) is 0.585. The molecule has 2 aromatic carbocycles. The molecule has 0 aliphatic carbocycles. The van der Waals surface area contributed by atoms with Gasteiger partial charge < -0.3 is 19.1 Å². The Morgan fingerprint density at radius 1 is 1.06 bits per heavy atom. The number of carbonyl (C=O) groups excluding carboxylic acids is 2. The van der Waals surface area contributed by atoms with Crippen molar-refractivity contribution in [2.45, 2.75) is 5.60 Å². The van der Waals surface area contributed by atoms with Gasteiger partial charge in [0.05, 0.1) is 32.0 Å². The molecule has 3 heterocycles. The second-order valence-electron chi connectivity index (χ2n) is 8.06. The summed E-state index contributed by atoms with van der Waals surface area (Å²) in [6, 6.07) is 14.3. The molecule has 0 bridgehead atoms. The molecule has 1 unspecified atom stereocenters. The predicted molar refractivity (Wildman–Crippen MR) is 118 cm³/mol. The summed E-state index contributed by atoms with van der Waals surface area (Å²) in [6.07, 6.45) is 2.51. The average Bonchev–Trinajstić information content (AvgIpc) is 3.03. The van der Waals surface area contributed by atoms with Crippen LogP contribution in [0.4, 0.5) is 14.9 Å². The van der Waals surface area contributed by atoms with Crippen LogP contribution in [0.3, 0.4) is 0 Å². The maximum Gasteiger partial charge on any atom is 0.415 e. The Kier molecular flexibility index (Phi) is 5.81. The summed E-state index contributed by atoms with van der Waals surface area (Å²) in [6.45, 7) is 1.01. The van der Waals surface area contributed by atoms with Crippen LogP contribution in [-0.4, -0.2) is 65.3 Å². The second-order valence-corrected chi connectivity index (χ2v) is 8.06. The summed E-state index contributed by atoms with van der Waals surface area (Å²) in [5.41, 5.74) is -0.282. The molecule has 10 heteroatoms. The highest BCUT2D eigenvalue weighted by Crippen LogP contribution is 2.31. The SMILES string of the molecule is O=C(c1cccc(Oc2ncccn2)c1)N1CCOCC2(C1)CN(c1cccc(F)c1)C(=O)O2. The lowest BCUT2D eigenvalue weighted by Crippen LogP contribution is -2.49. The van der Waals surface area contributed by atoms with E-state index in [2.05, 4.69) is 9.97 Å². The predicted octanol–water partition coefficient (Wildman–Crippen LogP) is 3.28. The lowest BCUT2D eigenvalue weighted by atomic mass is 10.0. The molecule has 174 valence electrons. The summed E-state index contributed by atoms with van der Waals surface area (Å²) in [4.78, 5) is 37.0. The molecule has 1 atom stereocenters. The van der Waals surface area contributed by atoms with Crippen molar-refractivity contribution in [1.82, 2.24) is 14.9 Å². The van der Waals surface area contributed by atoms with Crippen LogP contribution in [-0.2, 0) is 9.47 Å². The fourth-order valence-corrected chi connectivity index (χ4v) is 4.02. The zero-order chi connectivity index (χ0) is 23.5. The van der Waals surface area contributed by atoms with Crippen LogP contribution in [0, 0.1) is 5.82 Å². The minimum atomic E-state index is -1.07. The van der Waals surface area contributed by atoms with Gasteiger partial charge in [0, 0.05) is 24.5 Å². The number of aromatic nitrogens is 2. The Morgan fingerprint density at radius 3 is 2.71 bits per heavy atom. The molecule has 9 nitrogen and oxygen atoms in total. The molecule has 2 aliphatic rings. The first-order valence-corrected chi connectivity index (χ1v) is 10.7. The molecule has 1 spiro atoms. The Balaban J connectivity index is 1.34. The summed E-state index contributed by atoms with van der Waals surface area (Å²) in [5, 5.41) is 0. The molecule has 0 radical (unpaired) electrons. The number of hydrogen-bond donors (Lipinski definition) is 0. The first-order valence-electron chi connectivity index (χ1n) is 10.7. The maximum absolute atomic E-state index is 13.7. The van der Waals surface area contributed by atoms with Crippen molar-refractivity contribution in [3.05, 3.63) is 78.4 Å². The van der Waals surface area contributed by atoms with Crippen molar-refractivity contribution in [2.24, 2.45) is 0 Å². The highest BCUT2D eigenvalue weighted by atomic mass is 19.1. The largest absolute Gasteiger partial charge is 0.436 e. The third kappa shape index (κ3) is 4.53. The smallest absolute Gasteiger partial charge is 0.415 e. The second kappa shape index (κ2) is 9.06. The number of benzene rings is 2. The number of nitrogens with zero attached hydrogens (tertiary/aromatic N) is 4. The molecule has 1 aromatic heterocycles. The molecule has 0 saturated carbocycles. The third-order valence-electron chi connectivity index (χ3n) is 5.56. The van der Waals surface area contributed by atoms with Crippen LogP contribution >= 0.6 is 0 Å². The van der Waals surface area contributed by atoms with Gasteiger partial charge in [0.1, 0.15) is 11.6 Å².